The van der Waals surface area contributed by atoms with E-state index in [2.05, 4.69) is 0 Å². The van der Waals surface area contributed by atoms with Gasteiger partial charge in [0.15, 0.2) is 0 Å². The molecule has 1 heterocycles. The van der Waals surface area contributed by atoms with E-state index >= 15 is 0 Å². The van der Waals surface area contributed by atoms with Gasteiger partial charge in [-0.15, -0.1) is 0 Å². The van der Waals surface area contributed by atoms with Gasteiger partial charge in [-0.2, -0.15) is 12.7 Å². The van der Waals surface area contributed by atoms with E-state index in [0.717, 1.165) is 18.0 Å². The molecule has 0 aliphatic carbocycles. The Bertz CT molecular complexity index is 1340. The molecule has 0 spiro atoms. The van der Waals surface area contributed by atoms with Crippen LogP contribution in [-0.2, 0) is 24.3 Å². The molecule has 0 amide bonds. The standard InChI is InChI=1S/C23H31ClN4O7S2/c1-4-8-26(13-14-35-36(3,31)32)23-18(2)15-21(28(29)30)17-22(23)37(33,34)27-11-9-25(10-12-27)20-7-5-6-19(24)16-20/h5-7,15-17H,4,8-14H2,1-3H3. The second kappa shape index (κ2) is 11.9. The summed E-state index contributed by atoms with van der Waals surface area (Å²) in [6.45, 7) is 5.01. The Balaban J connectivity index is 1.96. The van der Waals surface area contributed by atoms with E-state index in [9.17, 15) is 26.9 Å². The van der Waals surface area contributed by atoms with Crippen molar-refractivity contribution in [2.45, 2.75) is 25.2 Å². The maximum atomic E-state index is 13.9. The summed E-state index contributed by atoms with van der Waals surface area (Å²) in [6.07, 6.45) is 1.57. The molecule has 1 saturated heterocycles. The molecular formula is C23H31ClN4O7S2. The van der Waals surface area contributed by atoms with E-state index in [1.165, 1.54) is 10.4 Å². The van der Waals surface area contributed by atoms with Gasteiger partial charge in [0.25, 0.3) is 15.8 Å². The number of rotatable bonds is 11. The number of nitro groups is 1. The molecule has 11 nitrogen and oxygen atoms in total. The van der Waals surface area contributed by atoms with Gasteiger partial charge in [0.2, 0.25) is 10.0 Å². The molecule has 0 bridgehead atoms. The topological polar surface area (TPSA) is 130 Å². The SMILES string of the molecule is CCCN(CCOS(C)(=O)=O)c1c(C)cc([N+](=O)[O-])cc1S(=O)(=O)N1CCN(c2cccc(Cl)c2)CC1. The van der Waals surface area contributed by atoms with Gasteiger partial charge in [-0.3, -0.25) is 14.3 Å². The lowest BCUT2D eigenvalue weighted by Crippen LogP contribution is -2.49. The zero-order chi connectivity index (χ0) is 27.4. The largest absolute Gasteiger partial charge is 0.369 e. The van der Waals surface area contributed by atoms with E-state index in [1.807, 2.05) is 30.0 Å². The zero-order valence-corrected chi connectivity index (χ0v) is 23.4. The average Bonchev–Trinajstić information content (AvgIpc) is 2.82. The molecule has 0 radical (unpaired) electrons. The smallest absolute Gasteiger partial charge is 0.271 e. The fraction of sp³-hybridized carbons (Fsp3) is 0.478. The highest BCUT2D eigenvalue weighted by atomic mass is 35.5. The highest BCUT2D eigenvalue weighted by Gasteiger charge is 2.34. The lowest BCUT2D eigenvalue weighted by atomic mass is 10.1. The fourth-order valence-electron chi connectivity index (χ4n) is 4.34. The summed E-state index contributed by atoms with van der Waals surface area (Å²) in [7, 11) is -7.81. The molecule has 1 aliphatic rings. The molecule has 0 N–H and O–H groups in total. The van der Waals surface area contributed by atoms with Crippen LogP contribution in [0.3, 0.4) is 0 Å². The number of sulfonamides is 1. The maximum absolute atomic E-state index is 13.9. The van der Waals surface area contributed by atoms with Crippen molar-refractivity contribution in [3.05, 3.63) is 57.1 Å². The predicted molar refractivity (Wildman–Crippen MR) is 144 cm³/mol. The molecule has 14 heteroatoms. The molecule has 2 aromatic rings. The number of benzene rings is 2. The Kier molecular flexibility index (Phi) is 9.40. The summed E-state index contributed by atoms with van der Waals surface area (Å²) in [5, 5.41) is 12.2. The molecular weight excluding hydrogens is 544 g/mol. The first-order valence-electron chi connectivity index (χ1n) is 11.7. The molecule has 0 saturated carbocycles. The number of nitro benzene ring substituents is 1. The number of anilines is 2. The van der Waals surface area contributed by atoms with Gasteiger partial charge in [-0.1, -0.05) is 24.6 Å². The number of non-ortho nitro benzene ring substituents is 1. The highest BCUT2D eigenvalue weighted by Crippen LogP contribution is 2.36. The molecule has 0 atom stereocenters. The van der Waals surface area contributed by atoms with E-state index in [1.54, 1.807) is 17.9 Å². The Morgan fingerprint density at radius 1 is 1.08 bits per heavy atom. The van der Waals surface area contributed by atoms with Crippen LogP contribution < -0.4 is 9.80 Å². The summed E-state index contributed by atoms with van der Waals surface area (Å²) in [4.78, 5) is 14.5. The fourth-order valence-corrected chi connectivity index (χ4v) is 6.63. The second-order valence-corrected chi connectivity index (χ2v) is 12.7. The second-order valence-electron chi connectivity index (χ2n) is 8.75. The Hall–Kier alpha value is -2.45. The van der Waals surface area contributed by atoms with Crippen LogP contribution >= 0.6 is 11.6 Å². The Labute approximate surface area is 222 Å². The van der Waals surface area contributed by atoms with E-state index in [4.69, 9.17) is 15.8 Å². The number of hydrogen-bond acceptors (Lipinski definition) is 9. The van der Waals surface area contributed by atoms with Gasteiger partial charge >= 0.3 is 0 Å². The molecule has 37 heavy (non-hydrogen) atoms. The van der Waals surface area contributed by atoms with Gasteiger partial charge in [-0.25, -0.2) is 8.42 Å². The van der Waals surface area contributed by atoms with Crippen molar-refractivity contribution in [3.8, 4) is 0 Å². The van der Waals surface area contributed by atoms with Crippen molar-refractivity contribution in [2.24, 2.45) is 0 Å². The average molecular weight is 575 g/mol. The summed E-state index contributed by atoms with van der Waals surface area (Å²) in [5.74, 6) is 0. The van der Waals surface area contributed by atoms with Crippen molar-refractivity contribution in [3.63, 3.8) is 0 Å². The van der Waals surface area contributed by atoms with Crippen LogP contribution in [-0.4, -0.2) is 78.2 Å². The van der Waals surface area contributed by atoms with Crippen LogP contribution in [0.5, 0.6) is 0 Å². The van der Waals surface area contributed by atoms with Gasteiger partial charge < -0.3 is 9.80 Å². The minimum Gasteiger partial charge on any atom is -0.369 e. The molecule has 2 aromatic carbocycles. The first kappa shape index (κ1) is 29.1. The highest BCUT2D eigenvalue weighted by molar-refractivity contribution is 7.89. The van der Waals surface area contributed by atoms with Crippen LogP contribution in [0, 0.1) is 17.0 Å². The van der Waals surface area contributed by atoms with Crippen molar-refractivity contribution in [1.29, 1.82) is 0 Å². The lowest BCUT2D eigenvalue weighted by Gasteiger charge is -2.36. The van der Waals surface area contributed by atoms with E-state index in [0.29, 0.717) is 42.3 Å². The molecule has 1 aliphatic heterocycles. The quantitative estimate of drug-likeness (QED) is 0.225. The normalized spacial score (nSPS) is 15.1. The first-order valence-corrected chi connectivity index (χ1v) is 15.4. The van der Waals surface area contributed by atoms with Crippen LogP contribution in [0.4, 0.5) is 17.1 Å². The number of piperazine rings is 1. The minimum atomic E-state index is -4.13. The minimum absolute atomic E-state index is 0.0879. The van der Waals surface area contributed by atoms with Gasteiger partial charge in [0, 0.05) is 62.1 Å². The summed E-state index contributed by atoms with van der Waals surface area (Å²) in [6, 6.07) is 9.72. The number of hydrogen-bond donors (Lipinski definition) is 0. The predicted octanol–water partition coefficient (Wildman–Crippen LogP) is 3.26. The number of aryl methyl sites for hydroxylation is 1. The molecule has 0 aromatic heterocycles. The van der Waals surface area contributed by atoms with Crippen molar-refractivity contribution >= 4 is 48.8 Å². The molecule has 0 unspecified atom stereocenters. The van der Waals surface area contributed by atoms with Crippen molar-refractivity contribution in [1.82, 2.24) is 4.31 Å². The third-order valence-corrected chi connectivity index (χ3v) is 8.70. The van der Waals surface area contributed by atoms with Crippen LogP contribution in [0.2, 0.25) is 5.02 Å². The van der Waals surface area contributed by atoms with Crippen molar-refractivity contribution in [2.75, 3.05) is 61.9 Å². The monoisotopic (exact) mass is 574 g/mol. The summed E-state index contributed by atoms with van der Waals surface area (Å²) < 4.78 is 56.9. The van der Waals surface area contributed by atoms with Crippen molar-refractivity contribution < 1.29 is 25.9 Å². The first-order chi connectivity index (χ1) is 17.3. The van der Waals surface area contributed by atoms with Crippen LogP contribution in [0.15, 0.2) is 41.3 Å². The molecule has 204 valence electrons. The number of halogens is 1. The Morgan fingerprint density at radius 2 is 1.76 bits per heavy atom. The van der Waals surface area contributed by atoms with Gasteiger partial charge in [-0.05, 0) is 37.1 Å². The molecule has 1 fully saturated rings. The lowest BCUT2D eigenvalue weighted by molar-refractivity contribution is -0.385. The van der Waals surface area contributed by atoms with Crippen LogP contribution in [0.1, 0.15) is 18.9 Å². The van der Waals surface area contributed by atoms with E-state index < -0.39 is 25.1 Å². The third-order valence-electron chi connectivity index (χ3n) is 5.96. The van der Waals surface area contributed by atoms with Crippen LogP contribution in [0.25, 0.3) is 0 Å². The Morgan fingerprint density at radius 3 is 2.32 bits per heavy atom. The summed E-state index contributed by atoms with van der Waals surface area (Å²) >= 11 is 6.10. The van der Waals surface area contributed by atoms with E-state index in [-0.39, 0.29) is 36.8 Å². The maximum Gasteiger partial charge on any atom is 0.271 e. The molecule has 3 rings (SSSR count). The zero-order valence-electron chi connectivity index (χ0n) is 21.0. The summed E-state index contributed by atoms with van der Waals surface area (Å²) in [5.41, 5.74) is 1.26. The van der Waals surface area contributed by atoms with Gasteiger partial charge in [0.1, 0.15) is 4.90 Å². The third kappa shape index (κ3) is 7.32. The van der Waals surface area contributed by atoms with Gasteiger partial charge in [0.05, 0.1) is 23.5 Å². The number of nitrogens with zero attached hydrogens (tertiary/aromatic N) is 4.